The second-order valence-electron chi connectivity index (χ2n) is 3.39. The minimum atomic E-state index is -1.66. The first-order valence-electron chi connectivity index (χ1n) is 5.14. The van der Waals surface area contributed by atoms with E-state index in [0.717, 1.165) is 0 Å². The number of carboxylic acid groups (broad SMARTS) is 1. The molecule has 0 aromatic rings. The van der Waals surface area contributed by atoms with Crippen LogP contribution < -0.4 is 5.73 Å². The fraction of sp³-hybridized carbons (Fsp3) is 0.875. The summed E-state index contributed by atoms with van der Waals surface area (Å²) in [6.45, 7) is -1.95. The Hall–Kier alpha value is -0.770. The van der Waals surface area contributed by atoms with Crippen molar-refractivity contribution in [1.29, 1.82) is 0 Å². The van der Waals surface area contributed by atoms with Crippen LogP contribution in [0.5, 0.6) is 0 Å². The SMILES string of the molecule is [2H]C(OC1OC[C@@H](O)[C@H](O)[C@H]1O)[C@H](N)C(=O)O. The van der Waals surface area contributed by atoms with Crippen LogP contribution in [0.3, 0.4) is 0 Å². The van der Waals surface area contributed by atoms with E-state index in [1.165, 1.54) is 0 Å². The highest BCUT2D eigenvalue weighted by atomic mass is 16.7. The molecule has 1 aliphatic rings. The summed E-state index contributed by atoms with van der Waals surface area (Å²) in [7, 11) is 0. The van der Waals surface area contributed by atoms with Gasteiger partial charge < -0.3 is 35.6 Å². The Kier molecular flexibility index (Phi) is 4.04. The number of hydrogen-bond acceptors (Lipinski definition) is 7. The monoisotopic (exact) mass is 238 g/mol. The number of ether oxygens (including phenoxy) is 2. The zero-order chi connectivity index (χ0) is 13.2. The van der Waals surface area contributed by atoms with Gasteiger partial charge in [-0.15, -0.1) is 0 Å². The third kappa shape index (κ3) is 3.11. The number of hydrogen-bond donors (Lipinski definition) is 5. The third-order valence-corrected chi connectivity index (χ3v) is 2.10. The molecule has 94 valence electrons. The zero-order valence-corrected chi connectivity index (χ0v) is 8.26. The van der Waals surface area contributed by atoms with E-state index in [1.54, 1.807) is 0 Å². The standard InChI is InChI=1S/C8H15NO7/c9-3(7(13)14)1-15-8-6(12)5(11)4(10)2-16-8/h3-6,8,10-12H,1-2,9H2,(H,13,14)/t3-,4+,5-,6+,8?/m0/s1/i1D/t1?,3-,4+,5-,6+,8?. The predicted octanol–water partition coefficient (Wildman–Crippen LogP) is -3.15. The van der Waals surface area contributed by atoms with E-state index in [-0.39, 0.29) is 6.61 Å². The maximum Gasteiger partial charge on any atom is 0.322 e. The topological polar surface area (TPSA) is 142 Å². The predicted molar refractivity (Wildman–Crippen MR) is 49.3 cm³/mol. The van der Waals surface area contributed by atoms with Gasteiger partial charge in [0.2, 0.25) is 0 Å². The molecule has 1 fully saturated rings. The van der Waals surface area contributed by atoms with Gasteiger partial charge in [0.15, 0.2) is 6.29 Å². The molecule has 1 saturated heterocycles. The van der Waals surface area contributed by atoms with E-state index >= 15 is 0 Å². The first-order chi connectivity index (χ1) is 7.84. The number of aliphatic carboxylic acids is 1. The van der Waals surface area contributed by atoms with Crippen molar-refractivity contribution < 1.29 is 36.1 Å². The Morgan fingerprint density at radius 2 is 2.19 bits per heavy atom. The number of rotatable bonds is 4. The number of nitrogens with two attached hydrogens (primary N) is 1. The van der Waals surface area contributed by atoms with Gasteiger partial charge in [0, 0.05) is 0 Å². The van der Waals surface area contributed by atoms with E-state index in [4.69, 9.17) is 26.8 Å². The van der Waals surface area contributed by atoms with Gasteiger partial charge in [0.1, 0.15) is 24.4 Å². The zero-order valence-electron chi connectivity index (χ0n) is 9.26. The van der Waals surface area contributed by atoms with Crippen molar-refractivity contribution in [2.45, 2.75) is 30.6 Å². The van der Waals surface area contributed by atoms with Crippen molar-refractivity contribution in [3.05, 3.63) is 0 Å². The van der Waals surface area contributed by atoms with Crippen LogP contribution >= 0.6 is 0 Å². The third-order valence-electron chi connectivity index (χ3n) is 2.10. The van der Waals surface area contributed by atoms with Crippen LogP contribution in [0, 0.1) is 0 Å². The van der Waals surface area contributed by atoms with Gasteiger partial charge in [-0.1, -0.05) is 0 Å². The van der Waals surface area contributed by atoms with E-state index < -0.39 is 43.2 Å². The minimum Gasteiger partial charge on any atom is -0.480 e. The molecular formula is C8H15NO7. The minimum absolute atomic E-state index is 0.294. The van der Waals surface area contributed by atoms with Crippen LogP contribution in [0.15, 0.2) is 0 Å². The van der Waals surface area contributed by atoms with Crippen LogP contribution in [0.2, 0.25) is 0 Å². The summed E-state index contributed by atoms with van der Waals surface area (Å²) in [6, 6.07) is -1.60. The van der Waals surface area contributed by atoms with Gasteiger partial charge >= 0.3 is 5.97 Å². The van der Waals surface area contributed by atoms with Crippen LogP contribution in [-0.2, 0) is 14.3 Å². The van der Waals surface area contributed by atoms with Crippen molar-refractivity contribution in [3.8, 4) is 0 Å². The second-order valence-corrected chi connectivity index (χ2v) is 3.39. The van der Waals surface area contributed by atoms with Crippen LogP contribution in [0.25, 0.3) is 0 Å². The molecule has 1 aliphatic heterocycles. The molecule has 0 amide bonds. The molecule has 8 nitrogen and oxygen atoms in total. The van der Waals surface area contributed by atoms with Crippen LogP contribution in [-0.4, -0.2) is 70.2 Å². The largest absolute Gasteiger partial charge is 0.480 e. The molecule has 1 heterocycles. The Labute approximate surface area is 92.6 Å². The summed E-state index contributed by atoms with van der Waals surface area (Å²) in [5.41, 5.74) is 5.12. The fourth-order valence-corrected chi connectivity index (χ4v) is 1.12. The Bertz CT molecular complexity index is 279. The van der Waals surface area contributed by atoms with Gasteiger partial charge in [-0.2, -0.15) is 0 Å². The summed E-state index contributed by atoms with van der Waals surface area (Å²) in [4.78, 5) is 10.5. The van der Waals surface area contributed by atoms with E-state index in [9.17, 15) is 15.0 Å². The Morgan fingerprint density at radius 1 is 1.56 bits per heavy atom. The molecule has 0 aromatic heterocycles. The summed E-state index contributed by atoms with van der Waals surface area (Å²) < 4.78 is 16.9. The first-order valence-corrected chi connectivity index (χ1v) is 4.56. The van der Waals surface area contributed by atoms with Gasteiger partial charge in [0.25, 0.3) is 0 Å². The van der Waals surface area contributed by atoms with Crippen molar-refractivity contribution in [2.75, 3.05) is 13.2 Å². The van der Waals surface area contributed by atoms with E-state index in [1.807, 2.05) is 0 Å². The molecule has 0 saturated carbocycles. The van der Waals surface area contributed by atoms with Gasteiger partial charge in [-0.25, -0.2) is 0 Å². The lowest BCUT2D eigenvalue weighted by atomic mass is 10.1. The van der Waals surface area contributed by atoms with Gasteiger partial charge in [0.05, 0.1) is 14.6 Å². The quantitative estimate of drug-likeness (QED) is 0.345. The lowest BCUT2D eigenvalue weighted by molar-refractivity contribution is -0.270. The van der Waals surface area contributed by atoms with Crippen molar-refractivity contribution in [1.82, 2.24) is 0 Å². The number of carbonyl (C=O) groups is 1. The summed E-state index contributed by atoms with van der Waals surface area (Å²) >= 11 is 0. The fourth-order valence-electron chi connectivity index (χ4n) is 1.12. The molecule has 0 aromatic carbocycles. The van der Waals surface area contributed by atoms with E-state index in [2.05, 4.69) is 0 Å². The smallest absolute Gasteiger partial charge is 0.322 e. The van der Waals surface area contributed by atoms with Crippen molar-refractivity contribution in [3.63, 3.8) is 0 Å². The van der Waals surface area contributed by atoms with E-state index in [0.29, 0.717) is 0 Å². The second kappa shape index (κ2) is 5.53. The van der Waals surface area contributed by atoms with Crippen molar-refractivity contribution in [2.24, 2.45) is 5.73 Å². The Balaban J connectivity index is 2.54. The van der Waals surface area contributed by atoms with Crippen LogP contribution in [0.4, 0.5) is 0 Å². The van der Waals surface area contributed by atoms with Crippen molar-refractivity contribution >= 4 is 5.97 Å². The summed E-state index contributed by atoms with van der Waals surface area (Å²) in [5, 5.41) is 36.4. The highest BCUT2D eigenvalue weighted by Crippen LogP contribution is 2.16. The molecule has 0 bridgehead atoms. The number of aliphatic hydroxyl groups is 3. The number of aliphatic hydroxyl groups excluding tert-OH is 3. The normalized spacial score (nSPS) is 39.9. The molecule has 16 heavy (non-hydrogen) atoms. The highest BCUT2D eigenvalue weighted by molar-refractivity contribution is 5.73. The van der Waals surface area contributed by atoms with Crippen LogP contribution in [0.1, 0.15) is 1.37 Å². The molecule has 1 rings (SSSR count). The first kappa shape index (κ1) is 11.7. The Morgan fingerprint density at radius 3 is 2.75 bits per heavy atom. The molecule has 0 radical (unpaired) electrons. The lowest BCUT2D eigenvalue weighted by Crippen LogP contribution is -2.54. The lowest BCUT2D eigenvalue weighted by Gasteiger charge is -2.35. The molecule has 6 atom stereocenters. The average molecular weight is 238 g/mol. The summed E-state index contributed by atoms with van der Waals surface area (Å²) in [5.74, 6) is -1.43. The summed E-state index contributed by atoms with van der Waals surface area (Å²) in [6.07, 6.45) is -5.72. The molecule has 2 unspecified atom stereocenters. The molecule has 0 spiro atoms. The molecule has 8 heteroatoms. The molecule has 6 N–H and O–H groups in total. The number of carboxylic acids is 1. The maximum absolute atomic E-state index is 10.5. The molecule has 0 aliphatic carbocycles. The maximum atomic E-state index is 10.5. The average Bonchev–Trinajstić information content (AvgIpc) is 2.28. The molecular weight excluding hydrogens is 222 g/mol. The van der Waals surface area contributed by atoms with Gasteiger partial charge in [-0.05, 0) is 0 Å². The van der Waals surface area contributed by atoms with Gasteiger partial charge in [-0.3, -0.25) is 4.79 Å². The highest BCUT2D eigenvalue weighted by Gasteiger charge is 2.38.